The van der Waals surface area contributed by atoms with Gasteiger partial charge < -0.3 is 9.84 Å². The average molecular weight is 298 g/mol. The van der Waals surface area contributed by atoms with Crippen LogP contribution in [0.2, 0.25) is 0 Å². The second-order valence-corrected chi connectivity index (χ2v) is 5.55. The third-order valence-electron chi connectivity index (χ3n) is 3.79. The molecule has 1 N–H and O–H groups in total. The van der Waals surface area contributed by atoms with Crippen molar-refractivity contribution in [1.29, 1.82) is 0 Å². The maximum atomic E-state index is 11.5. The second-order valence-electron chi connectivity index (χ2n) is 5.55. The zero-order valence-corrected chi connectivity index (χ0v) is 13.1. The van der Waals surface area contributed by atoms with Gasteiger partial charge in [-0.3, -0.25) is 4.79 Å². The third kappa shape index (κ3) is 4.35. The van der Waals surface area contributed by atoms with Gasteiger partial charge in [-0.1, -0.05) is 42.0 Å². The molecule has 2 aromatic rings. The first kappa shape index (κ1) is 16.1. The molecule has 0 radical (unpaired) electrons. The highest BCUT2D eigenvalue weighted by Gasteiger charge is 2.20. The van der Waals surface area contributed by atoms with E-state index in [1.807, 2.05) is 62.4 Å². The number of carboxylic acid groups (broad SMARTS) is 1. The van der Waals surface area contributed by atoms with Gasteiger partial charge in [-0.15, -0.1) is 0 Å². The van der Waals surface area contributed by atoms with Crippen molar-refractivity contribution in [3.05, 3.63) is 65.2 Å². The first-order valence-corrected chi connectivity index (χ1v) is 7.55. The first-order chi connectivity index (χ1) is 10.6. The fourth-order valence-electron chi connectivity index (χ4n) is 2.50. The Hall–Kier alpha value is -2.29. The van der Waals surface area contributed by atoms with E-state index < -0.39 is 11.9 Å². The van der Waals surface area contributed by atoms with E-state index in [2.05, 4.69) is 0 Å². The summed E-state index contributed by atoms with van der Waals surface area (Å²) in [5.41, 5.74) is 3.11. The predicted octanol–water partition coefficient (Wildman–Crippen LogP) is 4.33. The normalized spacial score (nSPS) is 11.9. The molecule has 0 fully saturated rings. The molecule has 0 saturated heterocycles. The Morgan fingerprint density at radius 1 is 1.09 bits per heavy atom. The highest BCUT2D eigenvalue weighted by Crippen LogP contribution is 2.25. The Morgan fingerprint density at radius 3 is 2.41 bits per heavy atom. The van der Waals surface area contributed by atoms with Crippen molar-refractivity contribution in [1.82, 2.24) is 0 Å². The smallest absolute Gasteiger partial charge is 0.310 e. The molecular formula is C19H22O3. The number of hydrogen-bond donors (Lipinski definition) is 1. The van der Waals surface area contributed by atoms with Crippen molar-refractivity contribution in [3.8, 4) is 5.75 Å². The molecule has 2 aromatic carbocycles. The molecule has 3 heteroatoms. The van der Waals surface area contributed by atoms with Crippen molar-refractivity contribution >= 4 is 5.97 Å². The van der Waals surface area contributed by atoms with E-state index in [9.17, 15) is 9.90 Å². The molecule has 0 aliphatic heterocycles. The SMILES string of the molecule is Cc1ccc(OCCCC(C(=O)O)c2ccccc2C)cc1. The van der Waals surface area contributed by atoms with Crippen molar-refractivity contribution < 1.29 is 14.6 Å². The molecule has 1 atom stereocenters. The number of hydrogen-bond acceptors (Lipinski definition) is 2. The summed E-state index contributed by atoms with van der Waals surface area (Å²) in [7, 11) is 0. The summed E-state index contributed by atoms with van der Waals surface area (Å²) in [5.74, 6) is -0.416. The van der Waals surface area contributed by atoms with Crippen molar-refractivity contribution in [2.75, 3.05) is 6.61 Å². The number of rotatable bonds is 7. The van der Waals surface area contributed by atoms with E-state index in [1.54, 1.807) is 0 Å². The highest BCUT2D eigenvalue weighted by molar-refractivity contribution is 5.76. The van der Waals surface area contributed by atoms with E-state index in [0.717, 1.165) is 16.9 Å². The van der Waals surface area contributed by atoms with Crippen LogP contribution in [0.15, 0.2) is 48.5 Å². The number of carbonyl (C=O) groups is 1. The maximum absolute atomic E-state index is 11.5. The number of aryl methyl sites for hydroxylation is 2. The van der Waals surface area contributed by atoms with Crippen LogP contribution in [-0.2, 0) is 4.79 Å². The molecule has 116 valence electrons. The Morgan fingerprint density at radius 2 is 1.77 bits per heavy atom. The molecule has 0 aliphatic carbocycles. The van der Waals surface area contributed by atoms with E-state index in [1.165, 1.54) is 5.56 Å². The summed E-state index contributed by atoms with van der Waals surface area (Å²) in [6.45, 7) is 4.51. The second kappa shape index (κ2) is 7.64. The van der Waals surface area contributed by atoms with E-state index in [0.29, 0.717) is 19.4 Å². The molecule has 0 heterocycles. The van der Waals surface area contributed by atoms with Gasteiger partial charge >= 0.3 is 5.97 Å². The average Bonchev–Trinajstić information content (AvgIpc) is 2.50. The zero-order valence-electron chi connectivity index (χ0n) is 13.1. The molecule has 0 aliphatic rings. The molecule has 22 heavy (non-hydrogen) atoms. The van der Waals surface area contributed by atoms with Crippen molar-refractivity contribution in [2.24, 2.45) is 0 Å². The van der Waals surface area contributed by atoms with Crippen LogP contribution in [0.3, 0.4) is 0 Å². The van der Waals surface area contributed by atoms with Crippen molar-refractivity contribution in [3.63, 3.8) is 0 Å². The molecule has 0 saturated carbocycles. The fourth-order valence-corrected chi connectivity index (χ4v) is 2.50. The van der Waals surface area contributed by atoms with E-state index >= 15 is 0 Å². The molecule has 0 amide bonds. The maximum Gasteiger partial charge on any atom is 0.310 e. The van der Waals surface area contributed by atoms with E-state index in [-0.39, 0.29) is 0 Å². The summed E-state index contributed by atoms with van der Waals surface area (Å²) in [6.07, 6.45) is 1.28. The lowest BCUT2D eigenvalue weighted by Crippen LogP contribution is -2.14. The molecule has 3 nitrogen and oxygen atoms in total. The van der Waals surface area contributed by atoms with Gasteiger partial charge in [0.05, 0.1) is 12.5 Å². The van der Waals surface area contributed by atoms with Crippen LogP contribution in [0.5, 0.6) is 5.75 Å². The molecule has 0 spiro atoms. The van der Waals surface area contributed by atoms with Gasteiger partial charge in [0.1, 0.15) is 5.75 Å². The topological polar surface area (TPSA) is 46.5 Å². The third-order valence-corrected chi connectivity index (χ3v) is 3.79. The van der Waals surface area contributed by atoms with Gasteiger partial charge in [0, 0.05) is 0 Å². The zero-order chi connectivity index (χ0) is 15.9. The minimum absolute atomic E-state index is 0.470. The Balaban J connectivity index is 1.89. The highest BCUT2D eigenvalue weighted by atomic mass is 16.5. The lowest BCUT2D eigenvalue weighted by Gasteiger charge is -2.15. The van der Waals surface area contributed by atoms with Crippen LogP contribution < -0.4 is 4.74 Å². The van der Waals surface area contributed by atoms with Crippen LogP contribution in [0.4, 0.5) is 0 Å². The predicted molar refractivity (Wildman–Crippen MR) is 87.5 cm³/mol. The minimum atomic E-state index is -0.773. The van der Waals surface area contributed by atoms with Crippen molar-refractivity contribution in [2.45, 2.75) is 32.6 Å². The molecule has 2 rings (SSSR count). The Labute approximate surface area is 131 Å². The molecular weight excluding hydrogens is 276 g/mol. The summed E-state index contributed by atoms with van der Waals surface area (Å²) in [5, 5.41) is 9.46. The number of benzene rings is 2. The fraction of sp³-hybridized carbons (Fsp3) is 0.316. The van der Waals surface area contributed by atoms with Gasteiger partial charge in [0.15, 0.2) is 0 Å². The molecule has 0 bridgehead atoms. The molecule has 0 aromatic heterocycles. The van der Waals surface area contributed by atoms with Crippen LogP contribution in [0.25, 0.3) is 0 Å². The number of aliphatic carboxylic acids is 1. The quantitative estimate of drug-likeness (QED) is 0.774. The van der Waals surface area contributed by atoms with Crippen LogP contribution in [0, 0.1) is 13.8 Å². The van der Waals surface area contributed by atoms with E-state index in [4.69, 9.17) is 4.74 Å². The largest absolute Gasteiger partial charge is 0.494 e. The van der Waals surface area contributed by atoms with Gasteiger partial charge in [-0.25, -0.2) is 0 Å². The lowest BCUT2D eigenvalue weighted by molar-refractivity contribution is -0.139. The van der Waals surface area contributed by atoms with Gasteiger partial charge in [-0.05, 0) is 49.9 Å². The van der Waals surface area contributed by atoms with Gasteiger partial charge in [-0.2, -0.15) is 0 Å². The Kier molecular flexibility index (Phi) is 5.59. The minimum Gasteiger partial charge on any atom is -0.494 e. The lowest BCUT2D eigenvalue weighted by atomic mass is 9.91. The monoisotopic (exact) mass is 298 g/mol. The van der Waals surface area contributed by atoms with Crippen LogP contribution in [0.1, 0.15) is 35.4 Å². The van der Waals surface area contributed by atoms with Crippen LogP contribution in [-0.4, -0.2) is 17.7 Å². The first-order valence-electron chi connectivity index (χ1n) is 7.55. The number of carboxylic acids is 1. The summed E-state index contributed by atoms with van der Waals surface area (Å²) < 4.78 is 5.66. The molecule has 1 unspecified atom stereocenters. The summed E-state index contributed by atoms with van der Waals surface area (Å²) in [4.78, 5) is 11.5. The Bertz CT molecular complexity index is 617. The standard InChI is InChI=1S/C19H22O3/c1-14-9-11-16(12-10-14)22-13-5-8-18(19(20)21)17-7-4-3-6-15(17)2/h3-4,6-7,9-12,18H,5,8,13H2,1-2H3,(H,20,21). The number of ether oxygens (including phenoxy) is 1. The van der Waals surface area contributed by atoms with Gasteiger partial charge in [0.25, 0.3) is 0 Å². The summed E-state index contributed by atoms with van der Waals surface area (Å²) >= 11 is 0. The van der Waals surface area contributed by atoms with Gasteiger partial charge in [0.2, 0.25) is 0 Å². The van der Waals surface area contributed by atoms with Crippen LogP contribution >= 0.6 is 0 Å². The summed E-state index contributed by atoms with van der Waals surface area (Å²) in [6, 6.07) is 15.5.